The molecule has 0 bridgehead atoms. The molecule has 0 aliphatic rings. The molecule has 1 unspecified atom stereocenters. The summed E-state index contributed by atoms with van der Waals surface area (Å²) in [6.45, 7) is 8.57. The second kappa shape index (κ2) is 7.91. The molecule has 0 spiro atoms. The van der Waals surface area contributed by atoms with Gasteiger partial charge in [0, 0.05) is 11.3 Å². The number of rotatable bonds is 4. The molecule has 0 aliphatic carbocycles. The SMILES string of the molecule is Cc1noc(=O)c2ccc(C(Cc3ccccc3)c3ccc(C(C)(C)C)cc3)cc12. The van der Waals surface area contributed by atoms with Gasteiger partial charge >= 0.3 is 5.63 Å². The van der Waals surface area contributed by atoms with Crippen molar-refractivity contribution < 1.29 is 4.52 Å². The molecule has 0 N–H and O–H groups in total. The first-order chi connectivity index (χ1) is 14.3. The van der Waals surface area contributed by atoms with Crippen LogP contribution in [0.15, 0.2) is 82.1 Å². The van der Waals surface area contributed by atoms with Crippen LogP contribution in [0.4, 0.5) is 0 Å². The zero-order valence-corrected chi connectivity index (χ0v) is 18.0. The maximum Gasteiger partial charge on any atom is 0.366 e. The van der Waals surface area contributed by atoms with Crippen molar-refractivity contribution in [1.82, 2.24) is 5.16 Å². The second-order valence-corrected chi connectivity index (χ2v) is 8.97. The Morgan fingerprint density at radius 2 is 1.53 bits per heavy atom. The second-order valence-electron chi connectivity index (χ2n) is 8.97. The molecule has 0 saturated heterocycles. The molecule has 0 amide bonds. The normalized spacial score (nSPS) is 12.8. The van der Waals surface area contributed by atoms with Crippen LogP contribution in [0.2, 0.25) is 0 Å². The third-order valence-electron chi connectivity index (χ3n) is 5.78. The van der Waals surface area contributed by atoms with Gasteiger partial charge in [-0.05, 0) is 53.1 Å². The monoisotopic (exact) mass is 397 g/mol. The number of aryl methyl sites for hydroxylation is 1. The third-order valence-corrected chi connectivity index (χ3v) is 5.78. The molecule has 1 heterocycles. The molecule has 3 nitrogen and oxygen atoms in total. The van der Waals surface area contributed by atoms with Gasteiger partial charge in [-0.25, -0.2) is 4.79 Å². The molecule has 3 aromatic carbocycles. The number of aromatic nitrogens is 1. The lowest BCUT2D eigenvalue weighted by atomic mass is 9.82. The molecule has 1 aromatic heterocycles. The third kappa shape index (κ3) is 4.06. The Morgan fingerprint density at radius 3 is 2.20 bits per heavy atom. The molecule has 30 heavy (non-hydrogen) atoms. The summed E-state index contributed by atoms with van der Waals surface area (Å²) in [5.41, 5.74) is 5.49. The van der Waals surface area contributed by atoms with Crippen molar-refractivity contribution in [2.75, 3.05) is 0 Å². The smallest absolute Gasteiger partial charge is 0.313 e. The van der Waals surface area contributed by atoms with Gasteiger partial charge in [-0.2, -0.15) is 0 Å². The van der Waals surface area contributed by atoms with E-state index in [1.165, 1.54) is 22.3 Å². The summed E-state index contributed by atoms with van der Waals surface area (Å²) >= 11 is 0. The van der Waals surface area contributed by atoms with Gasteiger partial charge in [0.2, 0.25) is 0 Å². The van der Waals surface area contributed by atoms with Gasteiger partial charge < -0.3 is 4.52 Å². The van der Waals surface area contributed by atoms with Crippen molar-refractivity contribution in [3.63, 3.8) is 0 Å². The van der Waals surface area contributed by atoms with E-state index in [-0.39, 0.29) is 11.3 Å². The number of fused-ring (bicyclic) bond motifs is 1. The number of nitrogens with zero attached hydrogens (tertiary/aromatic N) is 1. The molecule has 0 radical (unpaired) electrons. The quantitative estimate of drug-likeness (QED) is 0.414. The summed E-state index contributed by atoms with van der Waals surface area (Å²) in [7, 11) is 0. The summed E-state index contributed by atoms with van der Waals surface area (Å²) in [5.74, 6) is 0.178. The lowest BCUT2D eigenvalue weighted by molar-refractivity contribution is 0.371. The summed E-state index contributed by atoms with van der Waals surface area (Å²) in [6, 6.07) is 25.5. The molecule has 1 atom stereocenters. The molecule has 3 heteroatoms. The Balaban J connectivity index is 1.82. The van der Waals surface area contributed by atoms with Crippen LogP contribution in [0.1, 0.15) is 54.6 Å². The minimum absolute atomic E-state index is 0.118. The molecule has 0 fully saturated rings. The Bertz CT molecular complexity index is 1220. The van der Waals surface area contributed by atoms with Crippen LogP contribution in [0, 0.1) is 6.92 Å². The van der Waals surface area contributed by atoms with Crippen molar-refractivity contribution in [1.29, 1.82) is 0 Å². The predicted molar refractivity (Wildman–Crippen MR) is 122 cm³/mol. The van der Waals surface area contributed by atoms with Crippen LogP contribution < -0.4 is 5.63 Å². The first kappa shape index (κ1) is 20.1. The maximum absolute atomic E-state index is 12.1. The highest BCUT2D eigenvalue weighted by molar-refractivity contribution is 5.83. The van der Waals surface area contributed by atoms with Crippen LogP contribution in [-0.2, 0) is 11.8 Å². The van der Waals surface area contributed by atoms with Crippen molar-refractivity contribution in [2.45, 2.75) is 45.4 Å². The van der Waals surface area contributed by atoms with Crippen molar-refractivity contribution in [2.24, 2.45) is 0 Å². The van der Waals surface area contributed by atoms with Crippen LogP contribution >= 0.6 is 0 Å². The van der Waals surface area contributed by atoms with E-state index >= 15 is 0 Å². The highest BCUT2D eigenvalue weighted by Gasteiger charge is 2.19. The average Bonchev–Trinajstić information content (AvgIpc) is 2.75. The highest BCUT2D eigenvalue weighted by atomic mass is 16.5. The zero-order chi connectivity index (χ0) is 21.3. The van der Waals surface area contributed by atoms with E-state index in [1.807, 2.05) is 25.1 Å². The van der Waals surface area contributed by atoms with Crippen molar-refractivity contribution in [3.05, 3.63) is 111 Å². The van der Waals surface area contributed by atoms with E-state index in [0.717, 1.165) is 17.5 Å². The predicted octanol–water partition coefficient (Wildman–Crippen LogP) is 6.17. The minimum Gasteiger partial charge on any atom is -0.313 e. The van der Waals surface area contributed by atoms with E-state index < -0.39 is 5.63 Å². The average molecular weight is 398 g/mol. The van der Waals surface area contributed by atoms with Gasteiger partial charge in [-0.3, -0.25) is 0 Å². The Morgan fingerprint density at radius 1 is 0.867 bits per heavy atom. The minimum atomic E-state index is -0.392. The molecule has 152 valence electrons. The highest BCUT2D eigenvalue weighted by Crippen LogP contribution is 2.32. The molecular formula is C27H27NO2. The summed E-state index contributed by atoms with van der Waals surface area (Å²) in [5, 5.41) is 5.35. The summed E-state index contributed by atoms with van der Waals surface area (Å²) in [6.07, 6.45) is 0.884. The zero-order valence-electron chi connectivity index (χ0n) is 18.0. The van der Waals surface area contributed by atoms with E-state index in [1.54, 1.807) is 0 Å². The lowest BCUT2D eigenvalue weighted by Crippen LogP contribution is -2.12. The number of hydrogen-bond donors (Lipinski definition) is 0. The van der Waals surface area contributed by atoms with Crippen molar-refractivity contribution >= 4 is 10.8 Å². The van der Waals surface area contributed by atoms with E-state index in [2.05, 4.69) is 80.5 Å². The maximum atomic E-state index is 12.1. The van der Waals surface area contributed by atoms with Crippen LogP contribution in [0.5, 0.6) is 0 Å². The summed E-state index contributed by atoms with van der Waals surface area (Å²) < 4.78 is 4.89. The Hall–Kier alpha value is -3.20. The van der Waals surface area contributed by atoms with Gasteiger partial charge in [0.1, 0.15) is 0 Å². The molecule has 0 aliphatic heterocycles. The first-order valence-electron chi connectivity index (χ1n) is 10.4. The van der Waals surface area contributed by atoms with E-state index in [4.69, 9.17) is 4.52 Å². The fourth-order valence-corrected chi connectivity index (χ4v) is 3.96. The van der Waals surface area contributed by atoms with E-state index in [0.29, 0.717) is 5.39 Å². The lowest BCUT2D eigenvalue weighted by Gasteiger charge is -2.22. The molecule has 4 aromatic rings. The van der Waals surface area contributed by atoms with Crippen molar-refractivity contribution in [3.8, 4) is 0 Å². The fourth-order valence-electron chi connectivity index (χ4n) is 3.96. The summed E-state index contributed by atoms with van der Waals surface area (Å²) in [4.78, 5) is 12.1. The standard InChI is InChI=1S/C27H27NO2/c1-18-24-17-21(12-15-23(24)26(29)30-28-18)25(16-19-8-6-5-7-9-19)20-10-13-22(14-11-20)27(2,3)4/h5-15,17,25H,16H2,1-4H3. The first-order valence-corrected chi connectivity index (χ1v) is 10.4. The van der Waals surface area contributed by atoms with Gasteiger partial charge in [0.05, 0.1) is 11.1 Å². The van der Waals surface area contributed by atoms with Crippen LogP contribution in [0.3, 0.4) is 0 Å². The largest absolute Gasteiger partial charge is 0.366 e. The number of hydrogen-bond acceptors (Lipinski definition) is 3. The van der Waals surface area contributed by atoms with E-state index in [9.17, 15) is 4.79 Å². The number of benzene rings is 3. The van der Waals surface area contributed by atoms with Crippen LogP contribution in [0.25, 0.3) is 10.8 Å². The molecule has 0 saturated carbocycles. The van der Waals surface area contributed by atoms with Gasteiger partial charge in [0.15, 0.2) is 0 Å². The van der Waals surface area contributed by atoms with Gasteiger partial charge in [-0.1, -0.05) is 86.6 Å². The Labute approximate surface area is 177 Å². The molecule has 4 rings (SSSR count). The topological polar surface area (TPSA) is 43.1 Å². The van der Waals surface area contributed by atoms with Gasteiger partial charge in [-0.15, -0.1) is 0 Å². The van der Waals surface area contributed by atoms with Crippen LogP contribution in [-0.4, -0.2) is 5.16 Å². The fraction of sp³-hybridized carbons (Fsp3) is 0.259. The Kier molecular flexibility index (Phi) is 5.29. The van der Waals surface area contributed by atoms with Gasteiger partial charge in [0.25, 0.3) is 0 Å². The molecular weight excluding hydrogens is 370 g/mol.